The van der Waals surface area contributed by atoms with Gasteiger partial charge in [-0.1, -0.05) is 32.9 Å². The molecule has 2 amide bonds. The van der Waals surface area contributed by atoms with Gasteiger partial charge in [-0.15, -0.1) is 0 Å². The summed E-state index contributed by atoms with van der Waals surface area (Å²) in [7, 11) is 0. The summed E-state index contributed by atoms with van der Waals surface area (Å²) >= 11 is 0. The molecule has 0 unspecified atom stereocenters. The number of carbonyl (C=O) groups is 3. The summed E-state index contributed by atoms with van der Waals surface area (Å²) in [5.74, 6) is -0.218. The summed E-state index contributed by atoms with van der Waals surface area (Å²) in [5.41, 5.74) is 1.17. The maximum atomic E-state index is 12.6. The van der Waals surface area contributed by atoms with Crippen molar-refractivity contribution in [3.8, 4) is 5.75 Å². The lowest BCUT2D eigenvalue weighted by molar-refractivity contribution is -0.148. The van der Waals surface area contributed by atoms with Crippen LogP contribution >= 0.6 is 0 Å². The Morgan fingerprint density at radius 3 is 2.08 bits per heavy atom. The SMILES string of the molecule is CC(C)(C)c1ccc(OC(=O)CN2C(=O)[C@@H]3[C@H]4CC[C@@H](C4)[C@@H]3C2=O)cc1. The quantitative estimate of drug-likeness (QED) is 0.475. The molecule has 1 saturated heterocycles. The fourth-order valence-corrected chi connectivity index (χ4v) is 4.94. The van der Waals surface area contributed by atoms with E-state index in [0.29, 0.717) is 17.6 Å². The molecule has 4 atom stereocenters. The minimum Gasteiger partial charge on any atom is -0.425 e. The Balaban J connectivity index is 1.41. The number of nitrogens with zero attached hydrogens (tertiary/aromatic N) is 1. The number of benzene rings is 1. The molecule has 3 aliphatic rings. The van der Waals surface area contributed by atoms with E-state index in [9.17, 15) is 14.4 Å². The smallest absolute Gasteiger partial charge is 0.331 e. The number of rotatable bonds is 3. The number of fused-ring (bicyclic) bond motifs is 5. The van der Waals surface area contributed by atoms with Gasteiger partial charge in [0.15, 0.2) is 0 Å². The zero-order valence-electron chi connectivity index (χ0n) is 15.5. The highest BCUT2D eigenvalue weighted by Gasteiger charge is 2.61. The van der Waals surface area contributed by atoms with E-state index < -0.39 is 5.97 Å². The van der Waals surface area contributed by atoms with Gasteiger partial charge in [-0.2, -0.15) is 0 Å². The highest BCUT2D eigenvalue weighted by molar-refractivity contribution is 6.07. The lowest BCUT2D eigenvalue weighted by Crippen LogP contribution is -2.38. The first-order valence-electron chi connectivity index (χ1n) is 9.42. The van der Waals surface area contributed by atoms with E-state index in [0.717, 1.165) is 29.7 Å². The molecular formula is C21H25NO4. The Hall–Kier alpha value is -2.17. The van der Waals surface area contributed by atoms with Crippen molar-refractivity contribution in [3.05, 3.63) is 29.8 Å². The Kier molecular flexibility index (Phi) is 3.94. The highest BCUT2D eigenvalue weighted by atomic mass is 16.5. The zero-order valence-corrected chi connectivity index (χ0v) is 15.5. The van der Waals surface area contributed by atoms with Gasteiger partial charge in [0.1, 0.15) is 12.3 Å². The number of esters is 1. The summed E-state index contributed by atoms with van der Waals surface area (Å²) in [6, 6.07) is 7.36. The normalized spacial score (nSPS) is 30.0. The van der Waals surface area contributed by atoms with Gasteiger partial charge in [0, 0.05) is 0 Å². The first kappa shape index (κ1) is 17.3. The van der Waals surface area contributed by atoms with Crippen molar-refractivity contribution in [3.63, 3.8) is 0 Å². The molecule has 4 rings (SSSR count). The van der Waals surface area contributed by atoms with Crippen molar-refractivity contribution in [1.82, 2.24) is 4.90 Å². The van der Waals surface area contributed by atoms with Crippen LogP contribution in [-0.2, 0) is 19.8 Å². The lowest BCUT2D eigenvalue weighted by atomic mass is 9.81. The lowest BCUT2D eigenvalue weighted by Gasteiger charge is -2.19. The minimum absolute atomic E-state index is 0.0219. The molecule has 1 aliphatic heterocycles. The molecule has 2 bridgehead atoms. The van der Waals surface area contributed by atoms with E-state index in [4.69, 9.17) is 4.74 Å². The first-order valence-corrected chi connectivity index (χ1v) is 9.42. The van der Waals surface area contributed by atoms with E-state index >= 15 is 0 Å². The van der Waals surface area contributed by atoms with Gasteiger partial charge in [-0.3, -0.25) is 14.5 Å². The number of hydrogen-bond acceptors (Lipinski definition) is 4. The van der Waals surface area contributed by atoms with Crippen LogP contribution in [0.5, 0.6) is 5.75 Å². The summed E-state index contributed by atoms with van der Waals surface area (Å²) in [5, 5.41) is 0. The van der Waals surface area contributed by atoms with Crippen LogP contribution in [0.15, 0.2) is 24.3 Å². The monoisotopic (exact) mass is 355 g/mol. The van der Waals surface area contributed by atoms with Gasteiger partial charge in [0.2, 0.25) is 11.8 Å². The number of amides is 2. The van der Waals surface area contributed by atoms with Crippen molar-refractivity contribution in [2.24, 2.45) is 23.7 Å². The van der Waals surface area contributed by atoms with Crippen LogP contribution in [-0.4, -0.2) is 29.2 Å². The van der Waals surface area contributed by atoms with Crippen LogP contribution in [0.3, 0.4) is 0 Å². The first-order chi connectivity index (χ1) is 12.3. The maximum absolute atomic E-state index is 12.6. The summed E-state index contributed by atoms with van der Waals surface area (Å²) < 4.78 is 5.35. The molecule has 1 aromatic rings. The predicted octanol–water partition coefficient (Wildman–Crippen LogP) is 2.92. The maximum Gasteiger partial charge on any atom is 0.331 e. The molecule has 3 fully saturated rings. The number of hydrogen-bond donors (Lipinski definition) is 0. The second-order valence-corrected chi connectivity index (χ2v) is 8.90. The average molecular weight is 355 g/mol. The zero-order chi connectivity index (χ0) is 18.6. The molecule has 138 valence electrons. The average Bonchev–Trinajstić information content (AvgIpc) is 3.24. The molecule has 0 N–H and O–H groups in total. The molecular weight excluding hydrogens is 330 g/mol. The fourth-order valence-electron chi connectivity index (χ4n) is 4.94. The van der Waals surface area contributed by atoms with E-state index in [2.05, 4.69) is 20.8 Å². The van der Waals surface area contributed by atoms with E-state index in [1.54, 1.807) is 12.1 Å². The van der Waals surface area contributed by atoms with E-state index in [-0.39, 0.29) is 35.6 Å². The third kappa shape index (κ3) is 2.74. The number of ether oxygens (including phenoxy) is 1. The Morgan fingerprint density at radius 2 is 1.58 bits per heavy atom. The highest BCUT2D eigenvalue weighted by Crippen LogP contribution is 2.56. The molecule has 0 spiro atoms. The van der Waals surface area contributed by atoms with E-state index in [1.807, 2.05) is 12.1 Å². The van der Waals surface area contributed by atoms with E-state index in [1.165, 1.54) is 0 Å². The van der Waals surface area contributed by atoms with Crippen molar-refractivity contribution < 1.29 is 19.1 Å². The summed E-state index contributed by atoms with van der Waals surface area (Å²) in [4.78, 5) is 38.7. The largest absolute Gasteiger partial charge is 0.425 e. The van der Waals surface area contributed by atoms with Crippen LogP contribution in [0.1, 0.15) is 45.6 Å². The molecule has 0 aromatic heterocycles. The Bertz CT molecular complexity index is 733. The number of likely N-dealkylation sites (tertiary alicyclic amines) is 1. The predicted molar refractivity (Wildman–Crippen MR) is 95.3 cm³/mol. The molecule has 26 heavy (non-hydrogen) atoms. The van der Waals surface area contributed by atoms with Crippen molar-refractivity contribution in [1.29, 1.82) is 0 Å². The van der Waals surface area contributed by atoms with Crippen molar-refractivity contribution in [2.45, 2.75) is 45.4 Å². The van der Waals surface area contributed by atoms with Crippen molar-refractivity contribution >= 4 is 17.8 Å². The van der Waals surface area contributed by atoms with Crippen LogP contribution in [0.2, 0.25) is 0 Å². The number of imide groups is 1. The molecule has 1 aromatic carbocycles. The third-order valence-electron chi connectivity index (χ3n) is 6.26. The van der Waals surface area contributed by atoms with Crippen molar-refractivity contribution in [2.75, 3.05) is 6.54 Å². The Labute approximate surface area is 153 Å². The fraction of sp³-hybridized carbons (Fsp3) is 0.571. The molecule has 5 heteroatoms. The number of carbonyl (C=O) groups excluding carboxylic acids is 3. The summed E-state index contributed by atoms with van der Waals surface area (Å²) in [6.45, 7) is 6.05. The second-order valence-electron chi connectivity index (χ2n) is 8.90. The van der Waals surface area contributed by atoms with Gasteiger partial charge in [-0.25, -0.2) is 4.79 Å². The van der Waals surface area contributed by atoms with Gasteiger partial charge in [0.05, 0.1) is 11.8 Å². The molecule has 2 aliphatic carbocycles. The van der Waals surface area contributed by atoms with Gasteiger partial charge in [-0.05, 0) is 54.2 Å². The molecule has 1 heterocycles. The van der Waals surface area contributed by atoms with Gasteiger partial charge >= 0.3 is 5.97 Å². The van der Waals surface area contributed by atoms with Gasteiger partial charge < -0.3 is 4.74 Å². The van der Waals surface area contributed by atoms with Crippen LogP contribution in [0.25, 0.3) is 0 Å². The van der Waals surface area contributed by atoms with Crippen LogP contribution < -0.4 is 4.74 Å². The topological polar surface area (TPSA) is 63.7 Å². The Morgan fingerprint density at radius 1 is 1.04 bits per heavy atom. The molecule has 2 saturated carbocycles. The second kappa shape index (κ2) is 5.93. The van der Waals surface area contributed by atoms with Crippen LogP contribution in [0, 0.1) is 23.7 Å². The standard InChI is InChI=1S/C21H25NO4/c1-21(2,3)14-6-8-15(9-7-14)26-16(23)11-22-19(24)17-12-4-5-13(10-12)18(17)20(22)25/h6-9,12-13,17-18H,4-5,10-11H2,1-3H3/t12-,13-,17-,18+/m0/s1. The molecule has 0 radical (unpaired) electrons. The molecule has 5 nitrogen and oxygen atoms in total. The van der Waals surface area contributed by atoms with Crippen LogP contribution in [0.4, 0.5) is 0 Å². The van der Waals surface area contributed by atoms with Gasteiger partial charge in [0.25, 0.3) is 0 Å². The minimum atomic E-state index is -0.567. The third-order valence-corrected chi connectivity index (χ3v) is 6.26. The summed E-state index contributed by atoms with van der Waals surface area (Å²) in [6.07, 6.45) is 3.05.